The molecular formula is C27H35F3O4. The lowest BCUT2D eigenvalue weighted by atomic mass is 9.91. The summed E-state index contributed by atoms with van der Waals surface area (Å²) in [5.41, 5.74) is -0.638. The molecule has 0 amide bonds. The van der Waals surface area contributed by atoms with Crippen molar-refractivity contribution in [1.29, 1.82) is 0 Å². The summed E-state index contributed by atoms with van der Waals surface area (Å²) in [4.78, 5) is 11.3. The van der Waals surface area contributed by atoms with Crippen molar-refractivity contribution in [3.05, 3.63) is 65.2 Å². The van der Waals surface area contributed by atoms with Gasteiger partial charge in [-0.05, 0) is 60.4 Å². The molecule has 34 heavy (non-hydrogen) atoms. The first-order valence-corrected chi connectivity index (χ1v) is 11.7. The van der Waals surface area contributed by atoms with Crippen LogP contribution >= 0.6 is 0 Å². The van der Waals surface area contributed by atoms with Crippen LogP contribution in [0.25, 0.3) is 0 Å². The van der Waals surface area contributed by atoms with E-state index in [0.29, 0.717) is 24.9 Å². The van der Waals surface area contributed by atoms with Crippen molar-refractivity contribution in [3.63, 3.8) is 0 Å². The Kier molecular flexibility index (Phi) is 9.56. The lowest BCUT2D eigenvalue weighted by Gasteiger charge is -2.27. The van der Waals surface area contributed by atoms with Crippen LogP contribution in [-0.2, 0) is 15.1 Å². The van der Waals surface area contributed by atoms with Gasteiger partial charge in [-0.2, -0.15) is 13.2 Å². The molecule has 0 radical (unpaired) electrons. The number of ether oxygens (including phenoxy) is 2. The lowest BCUT2D eigenvalue weighted by molar-refractivity contribution is -0.258. The third-order valence-corrected chi connectivity index (χ3v) is 6.43. The number of hydrogen-bond donors (Lipinski definition) is 1. The number of cyclic esters (lactones) is 1. The number of rotatable bonds is 7. The van der Waals surface area contributed by atoms with Crippen molar-refractivity contribution < 1.29 is 32.5 Å². The molecule has 2 aromatic carbocycles. The number of carbonyl (C=O) groups is 1. The molecule has 0 aromatic heterocycles. The third kappa shape index (κ3) is 6.98. The highest BCUT2D eigenvalue weighted by Crippen LogP contribution is 2.38. The number of alkyl halides is 3. The lowest BCUT2D eigenvalue weighted by Crippen LogP contribution is -2.39. The maximum atomic E-state index is 12.6. The molecule has 0 aliphatic carbocycles. The van der Waals surface area contributed by atoms with Crippen LogP contribution in [0.3, 0.4) is 0 Å². The molecule has 1 saturated heterocycles. The van der Waals surface area contributed by atoms with Gasteiger partial charge in [-0.3, -0.25) is 0 Å². The Morgan fingerprint density at radius 1 is 0.971 bits per heavy atom. The van der Waals surface area contributed by atoms with Crippen LogP contribution in [-0.4, -0.2) is 30.0 Å². The smallest absolute Gasteiger partial charge is 0.421 e. The van der Waals surface area contributed by atoms with Gasteiger partial charge >= 0.3 is 12.1 Å². The molecule has 3 rings (SSSR count). The van der Waals surface area contributed by atoms with Crippen LogP contribution in [0.2, 0.25) is 0 Å². The second kappa shape index (κ2) is 11.7. The summed E-state index contributed by atoms with van der Waals surface area (Å²) >= 11 is 0. The number of esters is 1. The number of hydrogen-bond acceptors (Lipinski definition) is 4. The zero-order valence-corrected chi connectivity index (χ0v) is 20.5. The molecule has 2 aromatic rings. The summed E-state index contributed by atoms with van der Waals surface area (Å²) in [6.45, 7) is 9.63. The van der Waals surface area contributed by atoms with E-state index < -0.39 is 17.9 Å². The molecule has 1 N–H and O–H groups in total. The Balaban J connectivity index is 0.000000240. The second-order valence-electron chi connectivity index (χ2n) is 8.94. The molecular weight excluding hydrogens is 445 g/mol. The zero-order chi connectivity index (χ0) is 25.5. The van der Waals surface area contributed by atoms with E-state index in [0.717, 1.165) is 31.1 Å². The van der Waals surface area contributed by atoms with Crippen molar-refractivity contribution >= 4 is 5.97 Å². The van der Waals surface area contributed by atoms with Crippen LogP contribution in [0, 0.1) is 0 Å². The fourth-order valence-electron chi connectivity index (χ4n) is 3.39. The van der Waals surface area contributed by atoms with E-state index in [1.807, 2.05) is 26.0 Å². The molecule has 0 bridgehead atoms. The minimum atomic E-state index is -4.66. The van der Waals surface area contributed by atoms with Gasteiger partial charge in [-0.25, -0.2) is 4.79 Å². The summed E-state index contributed by atoms with van der Waals surface area (Å²) in [5, 5.41) is 9.48. The van der Waals surface area contributed by atoms with Gasteiger partial charge in [0.25, 0.3) is 0 Å². The zero-order valence-electron chi connectivity index (χ0n) is 20.5. The summed E-state index contributed by atoms with van der Waals surface area (Å²) in [6.07, 6.45) is -2.40. The van der Waals surface area contributed by atoms with Crippen molar-refractivity contribution in [2.45, 2.75) is 83.6 Å². The SMILES string of the molecule is CCC(C)c1ccc(C(C)(O)C(F)(F)F)cc1.CCC(C)c1ccc(OC2CCOC2=O)cc1. The van der Waals surface area contributed by atoms with Gasteiger partial charge in [0, 0.05) is 6.42 Å². The predicted molar refractivity (Wildman–Crippen MR) is 126 cm³/mol. The van der Waals surface area contributed by atoms with Gasteiger partial charge in [0.1, 0.15) is 5.75 Å². The van der Waals surface area contributed by atoms with Crippen molar-refractivity contribution in [3.8, 4) is 5.75 Å². The Bertz CT molecular complexity index is 905. The van der Waals surface area contributed by atoms with Crippen LogP contribution in [0.1, 0.15) is 82.4 Å². The molecule has 1 aliphatic rings. The highest BCUT2D eigenvalue weighted by molar-refractivity contribution is 5.76. The molecule has 1 heterocycles. The van der Waals surface area contributed by atoms with Gasteiger partial charge in [-0.1, -0.05) is 64.1 Å². The molecule has 0 saturated carbocycles. The first-order valence-electron chi connectivity index (χ1n) is 11.7. The fraction of sp³-hybridized carbons (Fsp3) is 0.519. The van der Waals surface area contributed by atoms with E-state index in [1.54, 1.807) is 12.1 Å². The van der Waals surface area contributed by atoms with Gasteiger partial charge in [-0.15, -0.1) is 0 Å². The Morgan fingerprint density at radius 2 is 1.44 bits per heavy atom. The summed E-state index contributed by atoms with van der Waals surface area (Å²) in [5.74, 6) is 1.34. The maximum Gasteiger partial charge on any atom is 0.421 e. The molecule has 0 spiro atoms. The molecule has 7 heteroatoms. The molecule has 188 valence electrons. The van der Waals surface area contributed by atoms with Gasteiger partial charge < -0.3 is 14.6 Å². The van der Waals surface area contributed by atoms with E-state index in [9.17, 15) is 23.1 Å². The number of carbonyl (C=O) groups excluding carboxylic acids is 1. The minimum absolute atomic E-state index is 0.128. The first-order chi connectivity index (χ1) is 15.9. The summed E-state index contributed by atoms with van der Waals surface area (Å²) in [7, 11) is 0. The Hall–Kier alpha value is -2.54. The van der Waals surface area contributed by atoms with Crippen molar-refractivity contribution in [1.82, 2.24) is 0 Å². The quantitative estimate of drug-likeness (QED) is 0.440. The number of benzene rings is 2. The van der Waals surface area contributed by atoms with Crippen LogP contribution in [0.5, 0.6) is 5.75 Å². The van der Waals surface area contributed by atoms with Crippen molar-refractivity contribution in [2.75, 3.05) is 6.61 Å². The molecule has 4 nitrogen and oxygen atoms in total. The van der Waals surface area contributed by atoms with Crippen LogP contribution in [0.4, 0.5) is 13.2 Å². The van der Waals surface area contributed by atoms with E-state index in [1.165, 1.54) is 17.7 Å². The summed E-state index contributed by atoms with van der Waals surface area (Å²) in [6, 6.07) is 13.9. The summed E-state index contributed by atoms with van der Waals surface area (Å²) < 4.78 is 48.2. The normalized spacial score (nSPS) is 19.3. The topological polar surface area (TPSA) is 55.8 Å². The van der Waals surface area contributed by atoms with E-state index in [2.05, 4.69) is 26.0 Å². The van der Waals surface area contributed by atoms with Crippen LogP contribution in [0.15, 0.2) is 48.5 Å². The van der Waals surface area contributed by atoms with Crippen LogP contribution < -0.4 is 4.74 Å². The highest BCUT2D eigenvalue weighted by Gasteiger charge is 2.51. The predicted octanol–water partition coefficient (Wildman–Crippen LogP) is 6.86. The number of aliphatic hydroxyl groups is 1. The average molecular weight is 481 g/mol. The number of halogens is 3. The standard InChI is InChI=1S/C14H18O3.C13H17F3O/c1-3-10(2)11-4-6-12(7-5-11)17-13-8-9-16-14(13)15;1-4-9(2)10-5-7-11(8-6-10)12(3,17)13(14,15)16/h4-7,10,13H,3,8-9H2,1-2H3;5-9,17H,4H2,1-3H3. The minimum Gasteiger partial charge on any atom is -0.479 e. The van der Waals surface area contributed by atoms with Gasteiger partial charge in [0.15, 0.2) is 11.7 Å². The van der Waals surface area contributed by atoms with E-state index in [-0.39, 0.29) is 11.5 Å². The van der Waals surface area contributed by atoms with Gasteiger partial charge in [0.2, 0.25) is 0 Å². The largest absolute Gasteiger partial charge is 0.479 e. The van der Waals surface area contributed by atoms with E-state index in [4.69, 9.17) is 9.47 Å². The molecule has 1 fully saturated rings. The molecule has 1 aliphatic heterocycles. The Morgan fingerprint density at radius 3 is 1.82 bits per heavy atom. The monoisotopic (exact) mass is 480 g/mol. The highest BCUT2D eigenvalue weighted by atomic mass is 19.4. The van der Waals surface area contributed by atoms with Crippen molar-refractivity contribution in [2.24, 2.45) is 0 Å². The molecule has 4 atom stereocenters. The average Bonchev–Trinajstić information content (AvgIpc) is 3.22. The van der Waals surface area contributed by atoms with Gasteiger partial charge in [0.05, 0.1) is 6.61 Å². The second-order valence-corrected chi connectivity index (χ2v) is 8.94. The van der Waals surface area contributed by atoms with E-state index >= 15 is 0 Å². The maximum absolute atomic E-state index is 12.6. The third-order valence-electron chi connectivity index (χ3n) is 6.43. The first kappa shape index (κ1) is 27.7. The molecule has 4 unspecified atom stereocenters. The fourth-order valence-corrected chi connectivity index (χ4v) is 3.39. The Labute approximate surface area is 200 Å².